The Kier molecular flexibility index (Phi) is 11.3. The van der Waals surface area contributed by atoms with Crippen LogP contribution in [0.3, 0.4) is 0 Å². The zero-order valence-corrected chi connectivity index (χ0v) is 12.5. The Balaban J connectivity index is 3.22. The van der Waals surface area contributed by atoms with Crippen LogP contribution < -0.4 is 0 Å². The van der Waals surface area contributed by atoms with Gasteiger partial charge in [-0.25, -0.2) is 0 Å². The van der Waals surface area contributed by atoms with Gasteiger partial charge in [0.25, 0.3) is 0 Å². The van der Waals surface area contributed by atoms with Gasteiger partial charge in [0.2, 0.25) is 0 Å². The maximum Gasteiger partial charge on any atom is 0.0145 e. The summed E-state index contributed by atoms with van der Waals surface area (Å²) < 4.78 is 0. The molecule has 1 heteroatoms. The number of rotatable bonds is 10. The maximum atomic E-state index is 3.70. The van der Waals surface area contributed by atoms with Crippen molar-refractivity contribution in [2.24, 2.45) is 5.92 Å². The molecule has 0 aliphatic heterocycles. The monoisotopic (exact) mass is 276 g/mol. The molecule has 0 spiro atoms. The minimum atomic E-state index is 0.697. The Morgan fingerprint density at radius 2 is 1.40 bits per heavy atom. The molecular weight excluding hydrogens is 248 g/mol. The number of hydrogen-bond donors (Lipinski definition) is 0. The number of unbranched alkanes of at least 4 members (excludes halogenated alkanes) is 6. The van der Waals surface area contributed by atoms with Gasteiger partial charge in [0.15, 0.2) is 0 Å². The molecule has 2 unspecified atom stereocenters. The highest BCUT2D eigenvalue weighted by atomic mass is 79.9. The first kappa shape index (κ1) is 15.5. The molecule has 2 atom stereocenters. The van der Waals surface area contributed by atoms with Crippen molar-refractivity contribution in [2.45, 2.75) is 83.4 Å². The highest BCUT2D eigenvalue weighted by Crippen LogP contribution is 2.22. The van der Waals surface area contributed by atoms with E-state index in [-0.39, 0.29) is 0 Å². The second-order valence-corrected chi connectivity index (χ2v) is 6.20. The second kappa shape index (κ2) is 11.0. The minimum Gasteiger partial charge on any atom is -0.0891 e. The third-order valence-electron chi connectivity index (χ3n) is 3.35. The summed E-state index contributed by atoms with van der Waals surface area (Å²) in [6, 6.07) is 0. The Morgan fingerprint density at radius 3 is 1.87 bits per heavy atom. The third kappa shape index (κ3) is 9.41. The predicted octanol–water partition coefficient (Wildman–Crippen LogP) is 5.94. The molecule has 0 bridgehead atoms. The lowest BCUT2D eigenvalue weighted by Gasteiger charge is -2.17. The Labute approximate surface area is 105 Å². The van der Waals surface area contributed by atoms with Crippen LogP contribution in [0.2, 0.25) is 0 Å². The van der Waals surface area contributed by atoms with E-state index in [9.17, 15) is 0 Å². The van der Waals surface area contributed by atoms with Crippen molar-refractivity contribution in [3.8, 4) is 0 Å². The molecule has 92 valence electrons. The normalized spacial score (nSPS) is 15.2. The SMILES string of the molecule is CCCCCCCCCC(CC)C(C)Br. The molecule has 0 aliphatic carbocycles. The van der Waals surface area contributed by atoms with E-state index in [1.54, 1.807) is 0 Å². The van der Waals surface area contributed by atoms with E-state index in [4.69, 9.17) is 0 Å². The first-order valence-electron chi connectivity index (χ1n) is 6.86. The van der Waals surface area contributed by atoms with Crippen LogP contribution >= 0.6 is 15.9 Å². The molecule has 0 heterocycles. The smallest absolute Gasteiger partial charge is 0.0145 e. The molecular formula is C14H29Br. The van der Waals surface area contributed by atoms with Gasteiger partial charge in [0, 0.05) is 4.83 Å². The number of hydrogen-bond acceptors (Lipinski definition) is 0. The predicted molar refractivity (Wildman–Crippen MR) is 74.8 cm³/mol. The van der Waals surface area contributed by atoms with E-state index in [0.717, 1.165) is 5.92 Å². The molecule has 0 aromatic rings. The third-order valence-corrected chi connectivity index (χ3v) is 4.10. The molecule has 0 aliphatic rings. The van der Waals surface area contributed by atoms with Crippen LogP contribution in [0.4, 0.5) is 0 Å². The van der Waals surface area contributed by atoms with E-state index in [2.05, 4.69) is 36.7 Å². The van der Waals surface area contributed by atoms with Crippen molar-refractivity contribution < 1.29 is 0 Å². The number of halogens is 1. The quantitative estimate of drug-likeness (QED) is 0.342. The van der Waals surface area contributed by atoms with Gasteiger partial charge >= 0.3 is 0 Å². The molecule has 0 fully saturated rings. The summed E-state index contributed by atoms with van der Waals surface area (Å²) in [6.07, 6.45) is 12.7. The lowest BCUT2D eigenvalue weighted by molar-refractivity contribution is 0.439. The highest BCUT2D eigenvalue weighted by Gasteiger charge is 2.11. The molecule has 0 N–H and O–H groups in total. The Bertz CT molecular complexity index is 121. The fourth-order valence-electron chi connectivity index (χ4n) is 2.12. The van der Waals surface area contributed by atoms with Crippen LogP contribution in [0.15, 0.2) is 0 Å². The van der Waals surface area contributed by atoms with Crippen molar-refractivity contribution in [1.82, 2.24) is 0 Å². The van der Waals surface area contributed by atoms with E-state index in [0.29, 0.717) is 4.83 Å². The first-order chi connectivity index (χ1) is 7.22. The molecule has 0 aromatic carbocycles. The zero-order chi connectivity index (χ0) is 11.5. The van der Waals surface area contributed by atoms with Gasteiger partial charge in [-0.2, -0.15) is 0 Å². The molecule has 0 saturated heterocycles. The standard InChI is InChI=1S/C14H29Br/c1-4-6-7-8-9-10-11-12-14(5-2)13(3)15/h13-14H,4-12H2,1-3H3. The van der Waals surface area contributed by atoms with Crippen molar-refractivity contribution in [3.05, 3.63) is 0 Å². The molecule has 0 radical (unpaired) electrons. The summed E-state index contributed by atoms with van der Waals surface area (Å²) in [6.45, 7) is 6.88. The van der Waals surface area contributed by atoms with Crippen molar-refractivity contribution in [1.29, 1.82) is 0 Å². The van der Waals surface area contributed by atoms with Crippen LogP contribution in [0.25, 0.3) is 0 Å². The van der Waals surface area contributed by atoms with E-state index in [1.807, 2.05) is 0 Å². The van der Waals surface area contributed by atoms with Crippen LogP contribution in [0.5, 0.6) is 0 Å². The average molecular weight is 277 g/mol. The van der Waals surface area contributed by atoms with Crippen LogP contribution in [-0.4, -0.2) is 4.83 Å². The van der Waals surface area contributed by atoms with Crippen molar-refractivity contribution in [3.63, 3.8) is 0 Å². The summed E-state index contributed by atoms with van der Waals surface area (Å²) in [5, 5.41) is 0. The Hall–Kier alpha value is 0.480. The maximum absolute atomic E-state index is 3.70. The topological polar surface area (TPSA) is 0 Å². The van der Waals surface area contributed by atoms with Crippen LogP contribution in [0, 0.1) is 5.92 Å². The fraction of sp³-hybridized carbons (Fsp3) is 1.00. The van der Waals surface area contributed by atoms with E-state index < -0.39 is 0 Å². The minimum absolute atomic E-state index is 0.697. The van der Waals surface area contributed by atoms with Gasteiger partial charge < -0.3 is 0 Å². The van der Waals surface area contributed by atoms with Gasteiger partial charge in [0.1, 0.15) is 0 Å². The second-order valence-electron chi connectivity index (χ2n) is 4.76. The zero-order valence-electron chi connectivity index (χ0n) is 10.9. The van der Waals surface area contributed by atoms with Crippen LogP contribution in [0.1, 0.15) is 78.6 Å². The molecule has 0 aromatic heterocycles. The first-order valence-corrected chi connectivity index (χ1v) is 7.78. The summed E-state index contributed by atoms with van der Waals surface area (Å²) in [4.78, 5) is 0.697. The van der Waals surface area contributed by atoms with Crippen LogP contribution in [-0.2, 0) is 0 Å². The highest BCUT2D eigenvalue weighted by molar-refractivity contribution is 9.09. The average Bonchev–Trinajstić information content (AvgIpc) is 2.21. The molecule has 15 heavy (non-hydrogen) atoms. The van der Waals surface area contributed by atoms with E-state index >= 15 is 0 Å². The van der Waals surface area contributed by atoms with Gasteiger partial charge in [0.05, 0.1) is 0 Å². The van der Waals surface area contributed by atoms with Gasteiger partial charge in [-0.1, -0.05) is 88.1 Å². The summed E-state index contributed by atoms with van der Waals surface area (Å²) in [5.74, 6) is 0.889. The lowest BCUT2D eigenvalue weighted by Crippen LogP contribution is -2.09. The summed E-state index contributed by atoms with van der Waals surface area (Å²) >= 11 is 3.70. The molecule has 0 rings (SSSR count). The van der Waals surface area contributed by atoms with Gasteiger partial charge in [-0.15, -0.1) is 0 Å². The molecule has 0 nitrogen and oxygen atoms in total. The Morgan fingerprint density at radius 1 is 0.867 bits per heavy atom. The van der Waals surface area contributed by atoms with E-state index in [1.165, 1.54) is 57.8 Å². The van der Waals surface area contributed by atoms with Gasteiger partial charge in [-0.3, -0.25) is 0 Å². The van der Waals surface area contributed by atoms with Gasteiger partial charge in [-0.05, 0) is 12.3 Å². The molecule has 0 amide bonds. The number of alkyl halides is 1. The summed E-state index contributed by atoms with van der Waals surface area (Å²) in [5.41, 5.74) is 0. The lowest BCUT2D eigenvalue weighted by atomic mass is 9.95. The van der Waals surface area contributed by atoms with Crippen molar-refractivity contribution >= 4 is 15.9 Å². The largest absolute Gasteiger partial charge is 0.0891 e. The summed E-state index contributed by atoms with van der Waals surface area (Å²) in [7, 11) is 0. The fourth-order valence-corrected chi connectivity index (χ4v) is 2.76. The van der Waals surface area contributed by atoms with Crippen molar-refractivity contribution in [2.75, 3.05) is 0 Å². The molecule has 0 saturated carbocycles.